The van der Waals surface area contributed by atoms with E-state index in [1.54, 1.807) is 24.1 Å². The molecular formula is C22H24ClN5O2. The minimum Gasteiger partial charge on any atom is -0.343 e. The van der Waals surface area contributed by atoms with Crippen LogP contribution in [0, 0.1) is 0 Å². The number of hydrogen-bond acceptors (Lipinski definition) is 5. The maximum Gasteiger partial charge on any atom is 0.328 e. The number of fused-ring (bicyclic) bond motifs is 3. The van der Waals surface area contributed by atoms with E-state index in [1.807, 2.05) is 30.3 Å². The van der Waals surface area contributed by atoms with Crippen LogP contribution in [0.4, 0.5) is 10.5 Å². The number of urea groups is 1. The van der Waals surface area contributed by atoms with Gasteiger partial charge < -0.3 is 9.80 Å². The number of carbonyl (C=O) groups excluding carboxylic acids is 2. The van der Waals surface area contributed by atoms with Crippen LogP contribution in [0.15, 0.2) is 54.6 Å². The van der Waals surface area contributed by atoms with Crippen LogP contribution in [-0.2, 0) is 11.3 Å². The molecule has 3 fully saturated rings. The van der Waals surface area contributed by atoms with E-state index in [9.17, 15) is 9.59 Å². The minimum atomic E-state index is -0.414. The van der Waals surface area contributed by atoms with Gasteiger partial charge in [-0.2, -0.15) is 0 Å². The van der Waals surface area contributed by atoms with Crippen molar-refractivity contribution in [2.75, 3.05) is 25.0 Å². The molecule has 3 saturated heterocycles. The van der Waals surface area contributed by atoms with Crippen LogP contribution < -0.4 is 10.2 Å². The third-order valence-electron chi connectivity index (χ3n) is 6.19. The Hall–Kier alpha value is -2.61. The molecule has 3 atom stereocenters. The second-order valence-corrected chi connectivity index (χ2v) is 8.43. The third kappa shape index (κ3) is 3.14. The molecule has 156 valence electrons. The molecule has 0 aliphatic carbocycles. The normalized spacial score (nSPS) is 26.7. The number of para-hydroxylation sites is 1. The highest BCUT2D eigenvalue weighted by atomic mass is 35.5. The van der Waals surface area contributed by atoms with Gasteiger partial charge in [-0.1, -0.05) is 41.9 Å². The Morgan fingerprint density at radius 1 is 1.07 bits per heavy atom. The molecule has 1 N–H and O–H groups in total. The van der Waals surface area contributed by atoms with Crippen molar-refractivity contribution >= 4 is 29.2 Å². The average molecular weight is 426 g/mol. The van der Waals surface area contributed by atoms with Crippen molar-refractivity contribution in [2.45, 2.75) is 31.5 Å². The van der Waals surface area contributed by atoms with E-state index >= 15 is 0 Å². The standard InChI is InChI=1S/C22H24ClN5O2/c1-25-19-18(20(29)28(22(25)30)14-15-7-5-8-16(23)13-15)27-12-6-11-26(21(27)24-19)17-9-3-2-4-10-17/h2-5,7-10,13,18-19,21,24H,6,11-12,14H2,1H3. The van der Waals surface area contributed by atoms with Crippen LogP contribution >= 0.6 is 11.6 Å². The molecular weight excluding hydrogens is 402 g/mol. The van der Waals surface area contributed by atoms with Gasteiger partial charge in [0, 0.05) is 30.8 Å². The van der Waals surface area contributed by atoms with Crippen molar-refractivity contribution in [2.24, 2.45) is 0 Å². The second kappa shape index (κ2) is 7.58. The predicted molar refractivity (Wildman–Crippen MR) is 115 cm³/mol. The summed E-state index contributed by atoms with van der Waals surface area (Å²) in [7, 11) is 1.76. The third-order valence-corrected chi connectivity index (χ3v) is 6.42. The van der Waals surface area contributed by atoms with E-state index in [0.29, 0.717) is 5.02 Å². The smallest absolute Gasteiger partial charge is 0.328 e. The molecule has 5 rings (SSSR count). The first-order valence-corrected chi connectivity index (χ1v) is 10.6. The summed E-state index contributed by atoms with van der Waals surface area (Å²) in [6.45, 7) is 1.92. The highest BCUT2D eigenvalue weighted by Crippen LogP contribution is 2.33. The van der Waals surface area contributed by atoms with Gasteiger partial charge in [0.25, 0.3) is 5.91 Å². The largest absolute Gasteiger partial charge is 0.343 e. The zero-order chi connectivity index (χ0) is 20.8. The number of imide groups is 1. The molecule has 0 spiro atoms. The SMILES string of the molecule is CN1C(=O)N(Cc2cccc(Cl)c2)C(=O)C2C1NC1N(c3ccccc3)CCCN21. The van der Waals surface area contributed by atoms with Gasteiger partial charge in [0.15, 0.2) is 0 Å². The van der Waals surface area contributed by atoms with Crippen molar-refractivity contribution in [3.63, 3.8) is 0 Å². The maximum atomic E-state index is 13.5. The maximum absolute atomic E-state index is 13.5. The molecule has 3 aliphatic heterocycles. The molecule has 3 heterocycles. The molecule has 2 aromatic carbocycles. The van der Waals surface area contributed by atoms with Crippen molar-refractivity contribution in [1.82, 2.24) is 20.0 Å². The van der Waals surface area contributed by atoms with Gasteiger partial charge in [-0.3, -0.25) is 19.9 Å². The Morgan fingerprint density at radius 3 is 2.63 bits per heavy atom. The van der Waals surface area contributed by atoms with E-state index in [0.717, 1.165) is 30.8 Å². The first kappa shape index (κ1) is 19.4. The van der Waals surface area contributed by atoms with Gasteiger partial charge in [-0.25, -0.2) is 4.79 Å². The summed E-state index contributed by atoms with van der Waals surface area (Å²) in [6, 6.07) is 16.8. The lowest BCUT2D eigenvalue weighted by molar-refractivity contribution is -0.139. The van der Waals surface area contributed by atoms with Crippen LogP contribution in [0.2, 0.25) is 5.02 Å². The van der Waals surface area contributed by atoms with Crippen molar-refractivity contribution in [3.8, 4) is 0 Å². The van der Waals surface area contributed by atoms with Gasteiger partial charge in [0.05, 0.1) is 6.54 Å². The van der Waals surface area contributed by atoms with Gasteiger partial charge >= 0.3 is 6.03 Å². The molecule has 30 heavy (non-hydrogen) atoms. The van der Waals surface area contributed by atoms with Crippen LogP contribution in [0.5, 0.6) is 0 Å². The number of amides is 3. The molecule has 3 aliphatic rings. The van der Waals surface area contributed by atoms with E-state index in [-0.39, 0.29) is 30.9 Å². The summed E-state index contributed by atoms with van der Waals surface area (Å²) >= 11 is 6.10. The molecule has 0 aromatic heterocycles. The number of nitrogens with one attached hydrogen (secondary N) is 1. The van der Waals surface area contributed by atoms with E-state index in [2.05, 4.69) is 27.2 Å². The summed E-state index contributed by atoms with van der Waals surface area (Å²) in [5, 5.41) is 4.13. The second-order valence-electron chi connectivity index (χ2n) is 8.00. The van der Waals surface area contributed by atoms with Gasteiger partial charge in [-0.05, 0) is 36.2 Å². The average Bonchev–Trinajstić information content (AvgIpc) is 3.16. The lowest BCUT2D eigenvalue weighted by Gasteiger charge is -2.43. The minimum absolute atomic E-state index is 0.124. The molecule has 3 amide bonds. The Balaban J connectivity index is 1.44. The first-order chi connectivity index (χ1) is 14.5. The number of nitrogens with zero attached hydrogens (tertiary/aromatic N) is 4. The number of anilines is 1. The fourth-order valence-corrected chi connectivity index (χ4v) is 4.98. The summed E-state index contributed by atoms with van der Waals surface area (Å²) in [6.07, 6.45) is 0.478. The van der Waals surface area contributed by atoms with E-state index in [1.165, 1.54) is 4.90 Å². The zero-order valence-electron chi connectivity index (χ0n) is 16.7. The molecule has 0 radical (unpaired) electrons. The molecule has 8 heteroatoms. The molecule has 2 aromatic rings. The van der Waals surface area contributed by atoms with E-state index < -0.39 is 6.04 Å². The predicted octanol–water partition coefficient (Wildman–Crippen LogP) is 2.53. The number of carbonyl (C=O) groups is 2. The summed E-state index contributed by atoms with van der Waals surface area (Å²) < 4.78 is 0. The number of benzene rings is 2. The number of rotatable bonds is 3. The molecule has 3 unspecified atom stereocenters. The number of halogens is 1. The highest BCUT2D eigenvalue weighted by Gasteiger charge is 2.56. The lowest BCUT2D eigenvalue weighted by Crippen LogP contribution is -2.66. The topological polar surface area (TPSA) is 59.1 Å². The zero-order valence-corrected chi connectivity index (χ0v) is 17.5. The summed E-state index contributed by atoms with van der Waals surface area (Å²) in [5.41, 5.74) is 1.94. The molecule has 0 saturated carbocycles. The Kier molecular flexibility index (Phi) is 4.89. The molecule has 7 nitrogen and oxygen atoms in total. The summed E-state index contributed by atoms with van der Waals surface area (Å²) in [4.78, 5) is 34.0. The highest BCUT2D eigenvalue weighted by molar-refractivity contribution is 6.30. The number of likely N-dealkylation sites (N-methyl/N-ethyl adjacent to an activating group) is 1. The Labute approximate surface area is 180 Å². The lowest BCUT2D eigenvalue weighted by atomic mass is 10.1. The van der Waals surface area contributed by atoms with Crippen molar-refractivity contribution in [3.05, 3.63) is 65.2 Å². The van der Waals surface area contributed by atoms with Crippen LogP contribution in [-0.4, -0.2) is 65.3 Å². The number of hydrogen-bond donors (Lipinski definition) is 1. The van der Waals surface area contributed by atoms with Crippen molar-refractivity contribution < 1.29 is 9.59 Å². The van der Waals surface area contributed by atoms with Gasteiger partial charge in [0.2, 0.25) is 0 Å². The van der Waals surface area contributed by atoms with E-state index in [4.69, 9.17) is 11.6 Å². The van der Waals surface area contributed by atoms with Crippen LogP contribution in [0.25, 0.3) is 0 Å². The van der Waals surface area contributed by atoms with Crippen molar-refractivity contribution in [1.29, 1.82) is 0 Å². The van der Waals surface area contributed by atoms with Crippen LogP contribution in [0.3, 0.4) is 0 Å². The van der Waals surface area contributed by atoms with Gasteiger partial charge in [0.1, 0.15) is 18.5 Å². The summed E-state index contributed by atoms with van der Waals surface area (Å²) in [5.74, 6) is -0.159. The Morgan fingerprint density at radius 2 is 1.87 bits per heavy atom. The van der Waals surface area contributed by atoms with Gasteiger partial charge in [-0.15, -0.1) is 0 Å². The fourth-order valence-electron chi connectivity index (χ4n) is 4.77. The quantitative estimate of drug-likeness (QED) is 0.818. The van der Waals surface area contributed by atoms with Crippen LogP contribution in [0.1, 0.15) is 12.0 Å². The fraction of sp³-hybridized carbons (Fsp3) is 0.364. The Bertz CT molecular complexity index is 971. The molecule has 0 bridgehead atoms. The first-order valence-electron chi connectivity index (χ1n) is 10.2. The monoisotopic (exact) mass is 425 g/mol.